The second-order valence-corrected chi connectivity index (χ2v) is 37.9. The standard InChI is InChI=1S/C51H65N7O7.C37H45N5O4.C14H22N2O4/c1-9-44(59)56-21-19-34(28-56)48(61)55(7)45(31(3)4)47(60)53-42-24-32-22-36(25-37(52)23-32)33-17-18-43-39(26-33)40(46(57(43)10-2)38-15-12-11-14-35(38)29-64-8)27-51(5,6)30-65-50(63)41-16-13-20-58(54-41)49(42)62;1-5-41-33-13-12-24-19-29(33)30(34(41)28-10-7-6-9-25(28)21-45-4)20-37(2,3)22-46-36(44)32-11-8-14-42(40-32)35(43)31(39)17-23-15-26(24)18-27(38)16-23;1-5-11(17)16-7-6-10(8-16)13(18)15(4)12(9(2)3)14(19)20/h9,11-12,14-15,17-18,22-23,25-26,31,34,41-42,45,54H,1,10,13,16,19-21,24,27-30,52H2,2-8H3,(H,53,60);6-7,9-10,12-13,15-16,18-19,31-32,40H,5,8,11,14,17,20-22,38-39H2,1-4H3;5,9-10,12H,1,6-8H2,2-4H3,(H,19,20)/t34-,41-,42-,45-;31-,32-;10-,12-/m000/s1. The number of fused-ring (bicyclic) bond motifs is 12. The fourth-order valence-electron chi connectivity index (χ4n) is 19.6. The Morgan fingerprint density at radius 1 is 0.565 bits per heavy atom. The van der Waals surface area contributed by atoms with Crippen LogP contribution in [0.1, 0.15) is 141 Å². The number of anilines is 2. The number of nitrogens with one attached hydrogen (secondary N) is 3. The van der Waals surface area contributed by atoms with Gasteiger partial charge in [0.25, 0.3) is 11.8 Å². The predicted molar refractivity (Wildman–Crippen MR) is 507 cm³/mol. The number of amides is 7. The molecule has 0 aliphatic carbocycles. The number of hydrazine groups is 2. The van der Waals surface area contributed by atoms with Gasteiger partial charge in [-0.1, -0.05) is 141 Å². The van der Waals surface area contributed by atoms with Crippen LogP contribution >= 0.6 is 0 Å². The van der Waals surface area contributed by atoms with Gasteiger partial charge in [-0.2, -0.15) is 0 Å². The number of hydrogen-bond donors (Lipinski definition) is 7. The van der Waals surface area contributed by atoms with Crippen molar-refractivity contribution in [1.29, 1.82) is 0 Å². The molecule has 12 bridgehead atoms. The van der Waals surface area contributed by atoms with Gasteiger partial charge in [-0.3, -0.25) is 53.2 Å². The van der Waals surface area contributed by atoms with E-state index in [0.29, 0.717) is 122 Å². The average Bonchev–Trinajstić information content (AvgIpc) is 1.59. The minimum Gasteiger partial charge on any atom is -0.480 e. The number of rotatable bonds is 19. The van der Waals surface area contributed by atoms with E-state index in [9.17, 15) is 53.1 Å². The summed E-state index contributed by atoms with van der Waals surface area (Å²) in [5, 5.41) is 17.4. The summed E-state index contributed by atoms with van der Waals surface area (Å²) in [4.78, 5) is 137. The molecule has 8 aromatic rings. The number of carboxylic acids is 1. The van der Waals surface area contributed by atoms with Crippen molar-refractivity contribution in [3.8, 4) is 44.8 Å². The number of nitrogen functional groups attached to an aromatic ring is 2. The molecule has 7 amide bonds. The Morgan fingerprint density at radius 2 is 0.985 bits per heavy atom. The summed E-state index contributed by atoms with van der Waals surface area (Å²) in [5.41, 5.74) is 42.6. The van der Waals surface area contributed by atoms with Crippen LogP contribution in [0.25, 0.3) is 66.6 Å². The van der Waals surface area contributed by atoms with Crippen molar-refractivity contribution in [3.05, 3.63) is 180 Å². The molecule has 4 fully saturated rings. The Morgan fingerprint density at radius 3 is 1.40 bits per heavy atom. The van der Waals surface area contributed by atoms with Crippen molar-refractivity contribution in [3.63, 3.8) is 0 Å². The number of likely N-dealkylation sites (tertiary alicyclic amines) is 2. The summed E-state index contributed by atoms with van der Waals surface area (Å²) in [6.07, 6.45) is 7.43. The molecule has 2 aromatic heterocycles. The molecular formula is C102H132N14O15. The van der Waals surface area contributed by atoms with Crippen molar-refractivity contribution in [1.82, 2.24) is 54.9 Å². The molecule has 0 spiro atoms. The summed E-state index contributed by atoms with van der Waals surface area (Å²) in [6.45, 7) is 32.1. The van der Waals surface area contributed by atoms with Crippen LogP contribution in [0.3, 0.4) is 0 Å². The van der Waals surface area contributed by atoms with Crippen LogP contribution in [0.15, 0.2) is 147 Å². The molecule has 29 nitrogen and oxygen atoms in total. The van der Waals surface area contributed by atoms with E-state index in [-0.39, 0.29) is 79.4 Å². The van der Waals surface area contributed by atoms with Crippen LogP contribution in [0.2, 0.25) is 0 Å². The van der Waals surface area contributed by atoms with Crippen LogP contribution in [-0.2, 0) is 119 Å². The van der Waals surface area contributed by atoms with Gasteiger partial charge in [0.2, 0.25) is 29.5 Å². The Balaban J connectivity index is 0.000000203. The lowest BCUT2D eigenvalue weighted by molar-refractivity contribution is -0.156. The maximum absolute atomic E-state index is 14.7. The molecule has 14 rings (SSSR count). The van der Waals surface area contributed by atoms with E-state index in [1.54, 1.807) is 44.9 Å². The predicted octanol–water partition coefficient (Wildman–Crippen LogP) is 11.7. The van der Waals surface area contributed by atoms with Crippen LogP contribution in [0, 0.1) is 34.5 Å². The zero-order chi connectivity index (χ0) is 94.8. The molecule has 10 N–H and O–H groups in total. The number of carbonyl (C=O) groups excluding carboxylic acids is 9. The third-order valence-electron chi connectivity index (χ3n) is 26.0. The Kier molecular flexibility index (Phi) is 31.8. The smallest absolute Gasteiger partial charge is 0.326 e. The Hall–Kier alpha value is -12.0. The highest BCUT2D eigenvalue weighted by Gasteiger charge is 2.43. The number of nitrogens with two attached hydrogens (primary N) is 3. The van der Waals surface area contributed by atoms with Gasteiger partial charge in [0.15, 0.2) is 0 Å². The first-order valence-corrected chi connectivity index (χ1v) is 45.8. The monoisotopic (exact) mass is 1790 g/mol. The van der Waals surface area contributed by atoms with Gasteiger partial charge in [-0.15, -0.1) is 0 Å². The highest BCUT2D eigenvalue weighted by atomic mass is 16.5. The number of cyclic esters (lactones) is 2. The van der Waals surface area contributed by atoms with Gasteiger partial charge in [0, 0.05) is 142 Å². The van der Waals surface area contributed by atoms with Gasteiger partial charge in [-0.25, -0.2) is 15.6 Å². The fourth-order valence-corrected chi connectivity index (χ4v) is 19.6. The minimum atomic E-state index is -1.10. The molecule has 6 aliphatic heterocycles. The zero-order valence-electron chi connectivity index (χ0n) is 78.4. The van der Waals surface area contributed by atoms with Crippen molar-refractivity contribution in [2.45, 2.75) is 196 Å². The van der Waals surface area contributed by atoms with E-state index in [1.807, 2.05) is 62.4 Å². The molecule has 0 unspecified atom stereocenters. The zero-order valence-corrected chi connectivity index (χ0v) is 78.4. The molecule has 8 atom stereocenters. The van der Waals surface area contributed by atoms with Gasteiger partial charge in [0.05, 0.1) is 55.7 Å². The number of esters is 2. The topological polar surface area (TPSA) is 371 Å². The van der Waals surface area contributed by atoms with E-state index in [1.165, 1.54) is 44.6 Å². The number of methoxy groups -OCH3 is 2. The second kappa shape index (κ2) is 42.5. The summed E-state index contributed by atoms with van der Waals surface area (Å²) in [7, 11) is 6.54. The SMILES string of the molecule is C=CC(=O)N1CC[C@H](C(=O)N(C)[C@H](C(=O)N[C@H]2Cc3cc(N)cc(c3)-c3ccc4c(c3)c(c(-c3ccccc3COC)n4CC)CC(C)(C)COC(=O)[C@@H]3CCCN(N3)C2=O)C(C)C)C1.C=CC(=O)N1CC[C@H](C(=O)N(C)[C@H](C(=O)O)C(C)C)C1.CCn1c(-c2ccccc2COC)c2c3cc(ccc31)-c1cc(N)cc(c1)C[C@H](N)C(=O)N1CCC[C@H](N1)C(=O)OCC(C)(C)C2. The van der Waals surface area contributed by atoms with Crippen molar-refractivity contribution >= 4 is 92.4 Å². The van der Waals surface area contributed by atoms with E-state index in [4.69, 9.17) is 36.1 Å². The highest BCUT2D eigenvalue weighted by Crippen LogP contribution is 2.45. The van der Waals surface area contributed by atoms with Crippen molar-refractivity contribution in [2.24, 2.45) is 40.2 Å². The van der Waals surface area contributed by atoms with Gasteiger partial charge in [0.1, 0.15) is 30.2 Å². The third-order valence-corrected chi connectivity index (χ3v) is 26.0. The minimum absolute atomic E-state index is 0.0773. The molecule has 4 saturated heterocycles. The maximum Gasteiger partial charge on any atom is 0.326 e. The first-order valence-electron chi connectivity index (χ1n) is 45.8. The maximum atomic E-state index is 14.7. The summed E-state index contributed by atoms with van der Waals surface area (Å²) < 4.78 is 28.1. The number of aliphatic carboxylic acids is 1. The number of likely N-dealkylation sites (N-methyl/N-ethyl adjacent to an activating group) is 2. The molecule has 0 radical (unpaired) electrons. The number of carboxylic acid groups (broad SMARTS) is 1. The largest absolute Gasteiger partial charge is 0.480 e. The van der Waals surface area contributed by atoms with E-state index in [2.05, 4.69) is 153 Å². The molecule has 29 heteroatoms. The number of ether oxygens (including phenoxy) is 4. The number of nitrogens with zero attached hydrogens (tertiary/aromatic N) is 8. The van der Waals surface area contributed by atoms with Crippen LogP contribution in [-0.4, -0.2) is 220 Å². The van der Waals surface area contributed by atoms with Gasteiger partial charge >= 0.3 is 17.9 Å². The van der Waals surface area contributed by atoms with Gasteiger partial charge < -0.3 is 75.3 Å². The molecule has 131 heavy (non-hydrogen) atoms. The first-order chi connectivity index (χ1) is 62.4. The lowest BCUT2D eigenvalue weighted by Gasteiger charge is -2.37. The van der Waals surface area contributed by atoms with Crippen molar-refractivity contribution < 1.29 is 72.0 Å². The number of aryl methyl sites for hydroxylation is 2. The molecule has 0 saturated carbocycles. The second-order valence-electron chi connectivity index (χ2n) is 37.9. The third kappa shape index (κ3) is 22.4. The lowest BCUT2D eigenvalue weighted by atomic mass is 9.84. The fraction of sp³-hybridized carbons (Fsp3) is 0.471. The molecule has 700 valence electrons. The van der Waals surface area contributed by atoms with Crippen LogP contribution in [0.5, 0.6) is 0 Å². The summed E-state index contributed by atoms with van der Waals surface area (Å²) in [5.74, 6) is -5.20. The number of aromatic nitrogens is 2. The Labute approximate surface area is 768 Å². The van der Waals surface area contributed by atoms with E-state index < -0.39 is 76.8 Å². The number of carbonyl (C=O) groups is 10. The summed E-state index contributed by atoms with van der Waals surface area (Å²) in [6, 6.07) is 36.3. The number of benzene rings is 6. The quantitative estimate of drug-likeness (QED) is 0.0225. The summed E-state index contributed by atoms with van der Waals surface area (Å²) >= 11 is 0. The molecule has 6 aliphatic rings. The number of hydrogen-bond acceptors (Lipinski definition) is 19. The van der Waals surface area contributed by atoms with Crippen LogP contribution in [0.4, 0.5) is 11.4 Å². The molecule has 6 aromatic carbocycles. The van der Waals surface area contributed by atoms with Crippen molar-refractivity contribution in [2.75, 3.05) is 92.3 Å². The van der Waals surface area contributed by atoms with E-state index in [0.717, 1.165) is 101 Å². The van der Waals surface area contributed by atoms with E-state index >= 15 is 0 Å². The Bertz CT molecular complexity index is 5610. The van der Waals surface area contributed by atoms with Gasteiger partial charge in [-0.05, 0) is 200 Å². The lowest BCUT2D eigenvalue weighted by Crippen LogP contribution is -2.62. The average molecular weight is 1790 g/mol. The highest BCUT2D eigenvalue weighted by molar-refractivity contribution is 5.99. The molecular weight excluding hydrogens is 1660 g/mol. The molecule has 8 heterocycles. The van der Waals surface area contributed by atoms with Crippen LogP contribution < -0.4 is 33.4 Å². The normalized spacial score (nSPS) is 20.4. The first kappa shape index (κ1) is 98.0.